The number of carbonyl (C=O) groups excluding carboxylic acids is 2. The highest BCUT2D eigenvalue weighted by Crippen LogP contribution is 2.39. The van der Waals surface area contributed by atoms with E-state index in [0.29, 0.717) is 37.1 Å². The molecule has 0 aromatic heterocycles. The number of hydrogen-bond donors (Lipinski definition) is 4. The quantitative estimate of drug-likeness (QED) is 0.206. The molecule has 2 amide bonds. The number of carbonyl (C=O) groups is 2. The summed E-state index contributed by atoms with van der Waals surface area (Å²) in [7, 11) is 0. The number of hydrogen-bond acceptors (Lipinski definition) is 5. The first-order valence-corrected chi connectivity index (χ1v) is 16.6. The van der Waals surface area contributed by atoms with Crippen LogP contribution in [0.3, 0.4) is 0 Å². The summed E-state index contributed by atoms with van der Waals surface area (Å²) >= 11 is 0. The van der Waals surface area contributed by atoms with Crippen LogP contribution in [0.2, 0.25) is 0 Å². The number of aliphatic hydroxyl groups excluding tert-OH is 2. The molecule has 0 saturated heterocycles. The normalized spacial score (nSPS) is 22.5. The highest BCUT2D eigenvalue weighted by Gasteiger charge is 2.41. The number of nitrogens with one attached hydrogen (secondary N) is 1. The summed E-state index contributed by atoms with van der Waals surface area (Å²) in [6.07, 6.45) is 13.9. The van der Waals surface area contributed by atoms with Crippen molar-refractivity contribution in [1.82, 2.24) is 10.2 Å². The highest BCUT2D eigenvalue weighted by atomic mass is 16.3. The molecule has 4 atom stereocenters. The molecule has 232 valence electrons. The molecule has 0 aromatic rings. The van der Waals surface area contributed by atoms with E-state index in [1.807, 2.05) is 4.90 Å². The number of nitrogens with zero attached hydrogens (tertiary/aromatic N) is 1. The summed E-state index contributed by atoms with van der Waals surface area (Å²) in [6, 6.07) is -0.438. The summed E-state index contributed by atoms with van der Waals surface area (Å²) < 4.78 is 0. The lowest BCUT2D eigenvalue weighted by atomic mass is 9.80. The van der Waals surface area contributed by atoms with E-state index in [1.54, 1.807) is 13.8 Å². The van der Waals surface area contributed by atoms with Crippen molar-refractivity contribution in [2.75, 3.05) is 13.1 Å². The third-order valence-corrected chi connectivity index (χ3v) is 9.48. The minimum atomic E-state index is -1.01. The lowest BCUT2D eigenvalue weighted by Crippen LogP contribution is -2.55. The van der Waals surface area contributed by atoms with Crippen LogP contribution in [-0.2, 0) is 9.59 Å². The second kappa shape index (κ2) is 15.9. The van der Waals surface area contributed by atoms with Crippen molar-refractivity contribution in [2.45, 2.75) is 154 Å². The molecule has 4 N–H and O–H groups in total. The summed E-state index contributed by atoms with van der Waals surface area (Å²) in [5.74, 6) is 0.881. The molecule has 3 aliphatic rings. The SMILES string of the molecule is CC(C)C[C@H](O)[C@H](O)[C@H](CC1CCCCC1)N(CC1CCCCC1)C(=O)[C@@H](CC(=O)NCC(C)(C)O)CC1CC1. The van der Waals surface area contributed by atoms with E-state index in [4.69, 9.17) is 0 Å². The molecule has 0 aromatic carbocycles. The minimum Gasteiger partial charge on any atom is -0.390 e. The zero-order valence-electron chi connectivity index (χ0n) is 26.0. The zero-order chi connectivity index (χ0) is 29.3. The van der Waals surface area contributed by atoms with Gasteiger partial charge in [-0.1, -0.05) is 78.1 Å². The van der Waals surface area contributed by atoms with Crippen LogP contribution in [0, 0.1) is 29.6 Å². The fraction of sp³-hybridized carbons (Fsp3) is 0.939. The van der Waals surface area contributed by atoms with Gasteiger partial charge in [0.25, 0.3) is 0 Å². The van der Waals surface area contributed by atoms with Gasteiger partial charge in [0.1, 0.15) is 6.10 Å². The molecule has 0 unspecified atom stereocenters. The van der Waals surface area contributed by atoms with Crippen LogP contribution in [-0.4, -0.2) is 69.0 Å². The molecule has 3 rings (SSSR count). The van der Waals surface area contributed by atoms with Crippen molar-refractivity contribution < 1.29 is 24.9 Å². The van der Waals surface area contributed by atoms with E-state index >= 15 is 0 Å². The lowest BCUT2D eigenvalue weighted by molar-refractivity contribution is -0.148. The maximum Gasteiger partial charge on any atom is 0.226 e. The van der Waals surface area contributed by atoms with E-state index in [-0.39, 0.29) is 30.7 Å². The van der Waals surface area contributed by atoms with Crippen molar-refractivity contribution in [3.05, 3.63) is 0 Å². The maximum absolute atomic E-state index is 14.6. The highest BCUT2D eigenvalue weighted by molar-refractivity contribution is 5.86. The van der Waals surface area contributed by atoms with Gasteiger partial charge < -0.3 is 25.5 Å². The Kier molecular flexibility index (Phi) is 13.2. The number of aliphatic hydroxyl groups is 3. The van der Waals surface area contributed by atoms with E-state index < -0.39 is 29.8 Å². The molecule has 7 nitrogen and oxygen atoms in total. The van der Waals surface area contributed by atoms with Gasteiger partial charge in [-0.2, -0.15) is 0 Å². The van der Waals surface area contributed by atoms with Crippen molar-refractivity contribution in [3.8, 4) is 0 Å². The Bertz CT molecular complexity index is 765. The van der Waals surface area contributed by atoms with Gasteiger partial charge in [-0.3, -0.25) is 9.59 Å². The van der Waals surface area contributed by atoms with E-state index in [0.717, 1.165) is 44.9 Å². The molecular formula is C33H60N2O5. The van der Waals surface area contributed by atoms with Gasteiger partial charge in [-0.15, -0.1) is 0 Å². The Morgan fingerprint density at radius 3 is 1.93 bits per heavy atom. The van der Waals surface area contributed by atoms with Gasteiger partial charge in [-0.05, 0) is 69.6 Å². The van der Waals surface area contributed by atoms with Crippen LogP contribution in [0.25, 0.3) is 0 Å². The molecule has 3 saturated carbocycles. The molecular weight excluding hydrogens is 504 g/mol. The summed E-state index contributed by atoms with van der Waals surface area (Å²) in [6.45, 7) is 8.17. The molecule has 0 aliphatic heterocycles. The van der Waals surface area contributed by atoms with Gasteiger partial charge in [0, 0.05) is 25.4 Å². The second-order valence-corrected chi connectivity index (χ2v) is 14.7. The average Bonchev–Trinajstić information content (AvgIpc) is 3.73. The Balaban J connectivity index is 1.88. The van der Waals surface area contributed by atoms with E-state index in [9.17, 15) is 24.9 Å². The predicted octanol–water partition coefficient (Wildman–Crippen LogP) is 5.20. The van der Waals surface area contributed by atoms with Crippen LogP contribution in [0.1, 0.15) is 130 Å². The van der Waals surface area contributed by atoms with Crippen LogP contribution in [0.5, 0.6) is 0 Å². The molecule has 0 bridgehead atoms. The third kappa shape index (κ3) is 11.6. The van der Waals surface area contributed by atoms with Gasteiger partial charge in [-0.25, -0.2) is 0 Å². The summed E-state index contributed by atoms with van der Waals surface area (Å²) in [5, 5.41) is 35.7. The van der Waals surface area contributed by atoms with Gasteiger partial charge >= 0.3 is 0 Å². The number of amides is 2. The first-order chi connectivity index (χ1) is 18.9. The molecule has 3 fully saturated rings. The third-order valence-electron chi connectivity index (χ3n) is 9.48. The first-order valence-electron chi connectivity index (χ1n) is 16.6. The van der Waals surface area contributed by atoms with Gasteiger partial charge in [0.2, 0.25) is 11.8 Å². The Labute approximate surface area is 243 Å². The van der Waals surface area contributed by atoms with Crippen LogP contribution in [0.15, 0.2) is 0 Å². The Morgan fingerprint density at radius 1 is 0.850 bits per heavy atom. The molecule has 7 heteroatoms. The summed E-state index contributed by atoms with van der Waals surface area (Å²) in [4.78, 5) is 29.5. The monoisotopic (exact) mass is 564 g/mol. The maximum atomic E-state index is 14.6. The topological polar surface area (TPSA) is 110 Å². The minimum absolute atomic E-state index is 0.0208. The van der Waals surface area contributed by atoms with Crippen LogP contribution >= 0.6 is 0 Å². The fourth-order valence-electron chi connectivity index (χ4n) is 7.00. The van der Waals surface area contributed by atoms with Crippen LogP contribution < -0.4 is 5.32 Å². The number of rotatable bonds is 16. The molecule has 0 heterocycles. The van der Waals surface area contributed by atoms with Gasteiger partial charge in [0.05, 0.1) is 17.7 Å². The van der Waals surface area contributed by atoms with Gasteiger partial charge in [0.15, 0.2) is 0 Å². The predicted molar refractivity (Wildman–Crippen MR) is 159 cm³/mol. The molecule has 0 radical (unpaired) electrons. The molecule has 40 heavy (non-hydrogen) atoms. The first kappa shape index (κ1) is 33.3. The van der Waals surface area contributed by atoms with Crippen molar-refractivity contribution >= 4 is 11.8 Å². The fourth-order valence-corrected chi connectivity index (χ4v) is 7.00. The standard InChI is InChI=1S/C33H60N2O5/c1-23(2)17-29(36)31(38)28(19-24-11-7-5-8-12-24)35(21-26-13-9-6-10-14-26)32(39)27(18-25-15-16-25)20-30(37)34-22-33(3,4)40/h23-29,31,36,38,40H,5-22H2,1-4H3,(H,34,37)/t27-,28+,29+,31-/m1/s1. The lowest BCUT2D eigenvalue weighted by Gasteiger charge is -2.43. The largest absolute Gasteiger partial charge is 0.390 e. The Morgan fingerprint density at radius 2 is 1.40 bits per heavy atom. The summed E-state index contributed by atoms with van der Waals surface area (Å²) in [5.41, 5.74) is -1.01. The van der Waals surface area contributed by atoms with E-state index in [2.05, 4.69) is 19.2 Å². The Hall–Kier alpha value is -1.18. The van der Waals surface area contributed by atoms with Crippen molar-refractivity contribution in [1.29, 1.82) is 0 Å². The smallest absolute Gasteiger partial charge is 0.226 e. The van der Waals surface area contributed by atoms with Crippen molar-refractivity contribution in [2.24, 2.45) is 29.6 Å². The van der Waals surface area contributed by atoms with Crippen molar-refractivity contribution in [3.63, 3.8) is 0 Å². The molecule has 3 aliphatic carbocycles. The zero-order valence-corrected chi connectivity index (χ0v) is 26.0. The second-order valence-electron chi connectivity index (χ2n) is 14.7. The van der Waals surface area contributed by atoms with Crippen LogP contribution in [0.4, 0.5) is 0 Å². The molecule has 0 spiro atoms. The van der Waals surface area contributed by atoms with E-state index in [1.165, 1.54) is 38.5 Å². The average molecular weight is 565 g/mol.